The summed E-state index contributed by atoms with van der Waals surface area (Å²) in [5.41, 5.74) is 1.60. The van der Waals surface area contributed by atoms with E-state index in [0.29, 0.717) is 22.8 Å². The van der Waals surface area contributed by atoms with Crippen LogP contribution in [0, 0.1) is 11.6 Å². The molecule has 1 aromatic carbocycles. The van der Waals surface area contributed by atoms with E-state index in [0.717, 1.165) is 37.8 Å². The SMILES string of the molecule is CN(C)C1CCN(c2ccc(Nc3ncc(F)c(-c4cc(F)c5ncccc5c4)n3)nc2)CC1.Cl. The molecule has 1 saturated heterocycles. The van der Waals surface area contributed by atoms with Crippen molar-refractivity contribution < 1.29 is 8.78 Å². The van der Waals surface area contributed by atoms with Crippen LogP contribution in [0.15, 0.2) is 55.0 Å². The van der Waals surface area contributed by atoms with Crippen molar-refractivity contribution in [1.29, 1.82) is 0 Å². The quantitative estimate of drug-likeness (QED) is 0.413. The maximum atomic E-state index is 14.5. The molecule has 0 amide bonds. The van der Waals surface area contributed by atoms with Gasteiger partial charge in [0, 0.05) is 36.3 Å². The third-order valence-electron chi connectivity index (χ3n) is 6.22. The summed E-state index contributed by atoms with van der Waals surface area (Å²) in [6.45, 7) is 1.97. The summed E-state index contributed by atoms with van der Waals surface area (Å²) in [6.07, 6.45) is 6.63. The van der Waals surface area contributed by atoms with Gasteiger partial charge in [-0.3, -0.25) is 4.98 Å². The van der Waals surface area contributed by atoms with Crippen LogP contribution >= 0.6 is 12.4 Å². The summed E-state index contributed by atoms with van der Waals surface area (Å²) < 4.78 is 29.1. The smallest absolute Gasteiger partial charge is 0.229 e. The fraction of sp³-hybridized carbons (Fsp3) is 0.280. The number of nitrogens with zero attached hydrogens (tertiary/aromatic N) is 6. The van der Waals surface area contributed by atoms with Crippen molar-refractivity contribution >= 4 is 40.8 Å². The fourth-order valence-corrected chi connectivity index (χ4v) is 4.32. The van der Waals surface area contributed by atoms with Crippen LogP contribution in [0.1, 0.15) is 12.8 Å². The Kier molecular flexibility index (Phi) is 7.37. The van der Waals surface area contributed by atoms with E-state index in [1.807, 2.05) is 18.3 Å². The molecule has 0 aliphatic carbocycles. The van der Waals surface area contributed by atoms with E-state index in [-0.39, 0.29) is 29.6 Å². The molecule has 182 valence electrons. The first-order valence-electron chi connectivity index (χ1n) is 11.2. The molecule has 0 spiro atoms. The Balaban J connectivity index is 0.00000289. The molecule has 5 rings (SSSR count). The average Bonchev–Trinajstić information content (AvgIpc) is 2.86. The molecule has 1 aliphatic rings. The number of hydrogen-bond acceptors (Lipinski definition) is 7. The summed E-state index contributed by atoms with van der Waals surface area (Å²) in [7, 11) is 4.25. The molecule has 0 atom stereocenters. The first kappa shape index (κ1) is 24.7. The minimum atomic E-state index is -0.641. The normalized spacial score (nSPS) is 14.3. The summed E-state index contributed by atoms with van der Waals surface area (Å²) in [4.78, 5) is 21.4. The lowest BCUT2D eigenvalue weighted by Crippen LogP contribution is -2.42. The standard InChI is InChI=1S/C25H25F2N7.ClH/c1-33(2)18-7-10-34(11-8-18)19-5-6-22(29-14-19)31-25-30-15-21(27)24(32-25)17-12-16-4-3-9-28-23(16)20(26)13-17;/h3-6,9,12-15,18H,7-8,10-11H2,1-2H3,(H,29,30,31,32);1H. The lowest BCUT2D eigenvalue weighted by atomic mass is 10.0. The van der Waals surface area contributed by atoms with E-state index in [1.54, 1.807) is 18.2 Å². The Morgan fingerprint density at radius 1 is 0.971 bits per heavy atom. The summed E-state index contributed by atoms with van der Waals surface area (Å²) in [6, 6.07) is 10.8. The molecule has 35 heavy (non-hydrogen) atoms. The second kappa shape index (κ2) is 10.5. The van der Waals surface area contributed by atoms with Crippen molar-refractivity contribution in [3.05, 3.63) is 66.6 Å². The molecule has 1 N–H and O–H groups in total. The number of hydrogen-bond donors (Lipinski definition) is 1. The topological polar surface area (TPSA) is 70.1 Å². The molecule has 10 heteroatoms. The van der Waals surface area contributed by atoms with Crippen molar-refractivity contribution in [2.24, 2.45) is 0 Å². The fourth-order valence-electron chi connectivity index (χ4n) is 4.32. The van der Waals surface area contributed by atoms with E-state index >= 15 is 0 Å². The molecule has 0 saturated carbocycles. The molecule has 0 radical (unpaired) electrons. The van der Waals surface area contributed by atoms with Crippen LogP contribution in [0.5, 0.6) is 0 Å². The van der Waals surface area contributed by atoms with Crippen LogP contribution in [-0.2, 0) is 0 Å². The van der Waals surface area contributed by atoms with E-state index in [4.69, 9.17) is 0 Å². The molecule has 4 heterocycles. The summed E-state index contributed by atoms with van der Waals surface area (Å²) >= 11 is 0. The van der Waals surface area contributed by atoms with E-state index in [1.165, 1.54) is 12.3 Å². The molecule has 0 unspecified atom stereocenters. The number of anilines is 3. The highest BCUT2D eigenvalue weighted by molar-refractivity contribution is 5.85. The number of aromatic nitrogens is 4. The molecule has 1 fully saturated rings. The lowest BCUT2D eigenvalue weighted by Gasteiger charge is -2.36. The molecule has 0 bridgehead atoms. The highest BCUT2D eigenvalue weighted by Gasteiger charge is 2.21. The number of pyridine rings is 2. The monoisotopic (exact) mass is 497 g/mol. The maximum Gasteiger partial charge on any atom is 0.229 e. The van der Waals surface area contributed by atoms with E-state index in [2.05, 4.69) is 49.1 Å². The van der Waals surface area contributed by atoms with Crippen molar-refractivity contribution in [2.75, 3.05) is 37.4 Å². The molecule has 7 nitrogen and oxygen atoms in total. The first-order valence-corrected chi connectivity index (χ1v) is 11.2. The van der Waals surface area contributed by atoms with Gasteiger partial charge in [-0.2, -0.15) is 0 Å². The van der Waals surface area contributed by atoms with Gasteiger partial charge < -0.3 is 15.1 Å². The Morgan fingerprint density at radius 2 is 1.77 bits per heavy atom. The van der Waals surface area contributed by atoms with Crippen molar-refractivity contribution in [2.45, 2.75) is 18.9 Å². The van der Waals surface area contributed by atoms with Crippen molar-refractivity contribution in [3.8, 4) is 11.3 Å². The molecule has 4 aromatic rings. The van der Waals surface area contributed by atoms with Crippen LogP contribution in [0.4, 0.5) is 26.2 Å². The van der Waals surface area contributed by atoms with Gasteiger partial charge in [-0.25, -0.2) is 23.7 Å². The van der Waals surface area contributed by atoms with Gasteiger partial charge >= 0.3 is 0 Å². The van der Waals surface area contributed by atoms with Gasteiger partial charge in [0.2, 0.25) is 5.95 Å². The summed E-state index contributed by atoms with van der Waals surface area (Å²) in [5.74, 6) is -0.460. The largest absolute Gasteiger partial charge is 0.370 e. The van der Waals surface area contributed by atoms with Crippen LogP contribution in [-0.4, -0.2) is 58.1 Å². The van der Waals surface area contributed by atoms with E-state index < -0.39 is 11.6 Å². The lowest BCUT2D eigenvalue weighted by molar-refractivity contribution is 0.249. The van der Waals surface area contributed by atoms with Gasteiger partial charge in [0.25, 0.3) is 0 Å². The van der Waals surface area contributed by atoms with Crippen molar-refractivity contribution in [3.63, 3.8) is 0 Å². The Bertz CT molecular complexity index is 1310. The zero-order valence-corrected chi connectivity index (χ0v) is 20.3. The predicted molar refractivity (Wildman–Crippen MR) is 136 cm³/mol. The zero-order valence-electron chi connectivity index (χ0n) is 19.4. The second-order valence-electron chi connectivity index (χ2n) is 8.63. The van der Waals surface area contributed by atoms with Crippen LogP contribution in [0.25, 0.3) is 22.2 Å². The minimum absolute atomic E-state index is 0. The average molecular weight is 498 g/mol. The zero-order chi connectivity index (χ0) is 23.7. The van der Waals surface area contributed by atoms with Gasteiger partial charge in [0.1, 0.15) is 22.8 Å². The second-order valence-corrected chi connectivity index (χ2v) is 8.63. The predicted octanol–water partition coefficient (Wildman–Crippen LogP) is 5.06. The van der Waals surface area contributed by atoms with E-state index in [9.17, 15) is 8.78 Å². The highest BCUT2D eigenvalue weighted by Crippen LogP contribution is 2.28. The third kappa shape index (κ3) is 5.31. The molecular weight excluding hydrogens is 472 g/mol. The molecule has 1 aliphatic heterocycles. The number of nitrogens with one attached hydrogen (secondary N) is 1. The number of rotatable bonds is 5. The number of benzene rings is 1. The Morgan fingerprint density at radius 3 is 2.49 bits per heavy atom. The summed E-state index contributed by atoms with van der Waals surface area (Å²) in [5, 5.41) is 3.58. The van der Waals surface area contributed by atoms with Crippen LogP contribution in [0.2, 0.25) is 0 Å². The van der Waals surface area contributed by atoms with Gasteiger partial charge in [-0.1, -0.05) is 6.07 Å². The third-order valence-corrected chi connectivity index (χ3v) is 6.22. The first-order chi connectivity index (χ1) is 16.5. The van der Waals surface area contributed by atoms with Gasteiger partial charge in [0.05, 0.1) is 18.1 Å². The number of halogens is 3. The van der Waals surface area contributed by atoms with Gasteiger partial charge in [0.15, 0.2) is 5.82 Å². The van der Waals surface area contributed by atoms with Crippen LogP contribution in [0.3, 0.4) is 0 Å². The maximum absolute atomic E-state index is 14.5. The number of fused-ring (bicyclic) bond motifs is 1. The van der Waals surface area contributed by atoms with Gasteiger partial charge in [-0.05, 0) is 57.3 Å². The Labute approximate surface area is 208 Å². The minimum Gasteiger partial charge on any atom is -0.370 e. The Hall–Kier alpha value is -3.43. The van der Waals surface area contributed by atoms with Gasteiger partial charge in [-0.15, -0.1) is 12.4 Å². The van der Waals surface area contributed by atoms with Crippen molar-refractivity contribution in [1.82, 2.24) is 24.8 Å². The molecular formula is C25H26ClF2N7. The highest BCUT2D eigenvalue weighted by atomic mass is 35.5. The molecule has 3 aromatic heterocycles. The van der Waals surface area contributed by atoms with Crippen LogP contribution < -0.4 is 10.2 Å². The number of piperidine rings is 1.